The molecule has 6 nitrogen and oxygen atoms in total. The van der Waals surface area contributed by atoms with Crippen molar-refractivity contribution in [2.45, 2.75) is 17.3 Å². The van der Waals surface area contributed by atoms with Crippen LogP contribution in [-0.2, 0) is 9.53 Å². The molecular weight excluding hydrogens is 348 g/mol. The zero-order valence-corrected chi connectivity index (χ0v) is 14.9. The second-order valence-electron chi connectivity index (χ2n) is 5.62. The van der Waals surface area contributed by atoms with Crippen LogP contribution in [0.4, 0.5) is 0 Å². The number of rotatable bonds is 5. The van der Waals surface area contributed by atoms with Crippen LogP contribution in [-0.4, -0.2) is 32.7 Å². The van der Waals surface area contributed by atoms with E-state index in [1.54, 1.807) is 6.92 Å². The number of para-hydroxylation sites is 1. The highest BCUT2D eigenvalue weighted by molar-refractivity contribution is 8.00. The molecule has 130 valence electrons. The lowest BCUT2D eigenvalue weighted by Gasteiger charge is -2.14. The minimum Gasteiger partial charge on any atom is -0.465 e. The maximum Gasteiger partial charge on any atom is 0.324 e. The van der Waals surface area contributed by atoms with Crippen LogP contribution in [0.25, 0.3) is 22.1 Å². The Morgan fingerprint density at radius 1 is 1.12 bits per heavy atom. The summed E-state index contributed by atoms with van der Waals surface area (Å²) < 4.78 is 5.22. The maximum absolute atomic E-state index is 12.4. The third kappa shape index (κ3) is 3.13. The Morgan fingerprint density at radius 2 is 1.88 bits per heavy atom. The number of esters is 1. The largest absolute Gasteiger partial charge is 0.465 e. The normalized spacial score (nSPS) is 12.3. The Kier molecular flexibility index (Phi) is 4.53. The SMILES string of the molecule is CCOC(=O)C(Sc1nnc2c(n1)[nH]c1ccccc12)c1ccccc1. The molecular formula is C19H16N4O2S. The molecule has 2 aromatic carbocycles. The van der Waals surface area contributed by atoms with E-state index in [4.69, 9.17) is 4.74 Å². The summed E-state index contributed by atoms with van der Waals surface area (Å²) in [6.45, 7) is 2.11. The minimum atomic E-state index is -0.542. The number of benzene rings is 2. The van der Waals surface area contributed by atoms with Crippen LogP contribution in [0.3, 0.4) is 0 Å². The molecule has 1 N–H and O–H groups in total. The lowest BCUT2D eigenvalue weighted by Crippen LogP contribution is -2.13. The molecule has 0 aliphatic heterocycles. The molecule has 26 heavy (non-hydrogen) atoms. The zero-order chi connectivity index (χ0) is 17.9. The molecule has 0 amide bonds. The van der Waals surface area contributed by atoms with Crippen molar-refractivity contribution in [1.29, 1.82) is 0 Å². The van der Waals surface area contributed by atoms with Gasteiger partial charge >= 0.3 is 5.97 Å². The van der Waals surface area contributed by atoms with Gasteiger partial charge in [0.1, 0.15) is 10.8 Å². The molecule has 4 rings (SSSR count). The third-order valence-electron chi connectivity index (χ3n) is 3.93. The van der Waals surface area contributed by atoms with E-state index in [2.05, 4.69) is 20.2 Å². The summed E-state index contributed by atoms with van der Waals surface area (Å²) in [6.07, 6.45) is 0. The first kappa shape index (κ1) is 16.5. The molecule has 0 aliphatic carbocycles. The molecule has 4 aromatic rings. The number of carbonyl (C=O) groups excluding carboxylic acids is 1. The Balaban J connectivity index is 1.70. The van der Waals surface area contributed by atoms with Gasteiger partial charge in [-0.05, 0) is 18.6 Å². The molecule has 7 heteroatoms. The summed E-state index contributed by atoms with van der Waals surface area (Å²) in [5.41, 5.74) is 3.17. The summed E-state index contributed by atoms with van der Waals surface area (Å²) in [5.74, 6) is -0.316. The molecule has 1 unspecified atom stereocenters. The lowest BCUT2D eigenvalue weighted by molar-refractivity contribution is -0.142. The van der Waals surface area contributed by atoms with Gasteiger partial charge in [-0.3, -0.25) is 4.79 Å². The molecule has 0 saturated heterocycles. The Labute approximate surface area is 154 Å². The molecule has 0 spiro atoms. The van der Waals surface area contributed by atoms with Gasteiger partial charge in [-0.1, -0.05) is 60.3 Å². The van der Waals surface area contributed by atoms with E-state index >= 15 is 0 Å². The number of fused-ring (bicyclic) bond motifs is 3. The summed E-state index contributed by atoms with van der Waals surface area (Å²) >= 11 is 1.24. The van der Waals surface area contributed by atoms with Crippen LogP contribution in [0.15, 0.2) is 59.8 Å². The predicted molar refractivity (Wildman–Crippen MR) is 101 cm³/mol. The van der Waals surface area contributed by atoms with Crippen molar-refractivity contribution in [1.82, 2.24) is 20.2 Å². The monoisotopic (exact) mass is 364 g/mol. The first-order valence-electron chi connectivity index (χ1n) is 8.25. The van der Waals surface area contributed by atoms with Crippen molar-refractivity contribution >= 4 is 39.8 Å². The van der Waals surface area contributed by atoms with Crippen molar-refractivity contribution in [3.63, 3.8) is 0 Å². The van der Waals surface area contributed by atoms with Crippen LogP contribution in [0.1, 0.15) is 17.7 Å². The number of hydrogen-bond acceptors (Lipinski definition) is 6. The van der Waals surface area contributed by atoms with E-state index in [-0.39, 0.29) is 5.97 Å². The second-order valence-corrected chi connectivity index (χ2v) is 6.70. The highest BCUT2D eigenvalue weighted by Gasteiger charge is 2.25. The van der Waals surface area contributed by atoms with Gasteiger partial charge in [0.05, 0.1) is 6.61 Å². The maximum atomic E-state index is 12.4. The lowest BCUT2D eigenvalue weighted by atomic mass is 10.1. The van der Waals surface area contributed by atoms with Gasteiger partial charge < -0.3 is 9.72 Å². The van der Waals surface area contributed by atoms with Crippen LogP contribution in [0, 0.1) is 0 Å². The van der Waals surface area contributed by atoms with Gasteiger partial charge in [-0.25, -0.2) is 4.98 Å². The number of nitrogens with zero attached hydrogens (tertiary/aromatic N) is 3. The highest BCUT2D eigenvalue weighted by Crippen LogP contribution is 2.35. The first-order valence-corrected chi connectivity index (χ1v) is 9.13. The van der Waals surface area contributed by atoms with Crippen molar-refractivity contribution < 1.29 is 9.53 Å². The van der Waals surface area contributed by atoms with Crippen molar-refractivity contribution in [2.24, 2.45) is 0 Å². The second kappa shape index (κ2) is 7.13. The number of nitrogens with one attached hydrogen (secondary N) is 1. The van der Waals surface area contributed by atoms with E-state index in [0.29, 0.717) is 17.4 Å². The van der Waals surface area contributed by atoms with E-state index in [1.165, 1.54) is 11.8 Å². The standard InChI is InChI=1S/C19H16N4O2S/c1-2-25-18(24)16(12-8-4-3-5-9-12)26-19-21-17-15(22-23-19)13-10-6-7-11-14(13)20-17/h3-11,16H,2H2,1H3,(H,20,21,23). The van der Waals surface area contributed by atoms with Crippen LogP contribution < -0.4 is 0 Å². The molecule has 0 aliphatic rings. The van der Waals surface area contributed by atoms with Crippen LogP contribution >= 0.6 is 11.8 Å². The number of aromatic nitrogens is 4. The van der Waals surface area contributed by atoms with Gasteiger partial charge in [-0.15, -0.1) is 10.2 Å². The number of aromatic amines is 1. The number of thioether (sulfide) groups is 1. The molecule has 2 heterocycles. The Hall–Kier alpha value is -2.93. The van der Waals surface area contributed by atoms with Crippen molar-refractivity contribution in [3.8, 4) is 0 Å². The number of hydrogen-bond donors (Lipinski definition) is 1. The molecule has 0 saturated carbocycles. The summed E-state index contributed by atoms with van der Waals surface area (Å²) in [4.78, 5) is 20.2. The number of ether oxygens (including phenoxy) is 1. The van der Waals surface area contributed by atoms with E-state index in [1.807, 2.05) is 54.6 Å². The van der Waals surface area contributed by atoms with Crippen molar-refractivity contribution in [2.75, 3.05) is 6.61 Å². The topological polar surface area (TPSA) is 80.8 Å². The van der Waals surface area contributed by atoms with E-state index in [0.717, 1.165) is 22.0 Å². The van der Waals surface area contributed by atoms with Gasteiger partial charge in [-0.2, -0.15) is 0 Å². The van der Waals surface area contributed by atoms with Crippen molar-refractivity contribution in [3.05, 3.63) is 60.2 Å². The predicted octanol–water partition coefficient (Wildman–Crippen LogP) is 3.90. The fourth-order valence-electron chi connectivity index (χ4n) is 2.76. The molecule has 1 atom stereocenters. The van der Waals surface area contributed by atoms with Crippen LogP contribution in [0.5, 0.6) is 0 Å². The number of H-pyrrole nitrogens is 1. The Bertz CT molecular complexity index is 1060. The fourth-order valence-corrected chi connectivity index (χ4v) is 3.66. The third-order valence-corrected chi connectivity index (χ3v) is 5.01. The smallest absolute Gasteiger partial charge is 0.324 e. The van der Waals surface area contributed by atoms with E-state index < -0.39 is 5.25 Å². The molecule has 0 radical (unpaired) electrons. The summed E-state index contributed by atoms with van der Waals surface area (Å²) in [7, 11) is 0. The van der Waals surface area contributed by atoms with E-state index in [9.17, 15) is 4.79 Å². The highest BCUT2D eigenvalue weighted by atomic mass is 32.2. The van der Waals surface area contributed by atoms with Gasteiger partial charge in [0, 0.05) is 10.9 Å². The molecule has 0 fully saturated rings. The van der Waals surface area contributed by atoms with Gasteiger partial charge in [0.25, 0.3) is 0 Å². The van der Waals surface area contributed by atoms with Crippen LogP contribution in [0.2, 0.25) is 0 Å². The zero-order valence-electron chi connectivity index (χ0n) is 14.0. The first-order chi connectivity index (χ1) is 12.8. The fraction of sp³-hybridized carbons (Fsp3) is 0.158. The molecule has 2 aromatic heterocycles. The molecule has 0 bridgehead atoms. The van der Waals surface area contributed by atoms with Gasteiger partial charge in [0.2, 0.25) is 5.16 Å². The quantitative estimate of drug-likeness (QED) is 0.427. The summed E-state index contributed by atoms with van der Waals surface area (Å²) in [6, 6.07) is 17.3. The Morgan fingerprint density at radius 3 is 2.69 bits per heavy atom. The number of carbonyl (C=O) groups is 1. The van der Waals surface area contributed by atoms with Gasteiger partial charge in [0.15, 0.2) is 5.65 Å². The summed E-state index contributed by atoms with van der Waals surface area (Å²) in [5, 5.41) is 9.37. The average Bonchev–Trinajstić information content (AvgIpc) is 3.04. The minimum absolute atomic E-state index is 0.316. The average molecular weight is 364 g/mol.